The van der Waals surface area contributed by atoms with Crippen LogP contribution in [0.3, 0.4) is 0 Å². The predicted molar refractivity (Wildman–Crippen MR) is 90.6 cm³/mol. The molecule has 22 heavy (non-hydrogen) atoms. The molecule has 2 N–H and O–H groups in total. The zero-order chi connectivity index (χ0) is 16.1. The molecule has 7 heteroatoms. The molecule has 0 aliphatic carbocycles. The highest BCUT2D eigenvalue weighted by molar-refractivity contribution is 8.01. The Labute approximate surface area is 136 Å². The lowest BCUT2D eigenvalue weighted by atomic mass is 10.3. The minimum atomic E-state index is -1.15. The highest BCUT2D eigenvalue weighted by atomic mass is 32.2. The van der Waals surface area contributed by atoms with Crippen molar-refractivity contribution in [3.05, 3.63) is 30.4 Å². The first-order valence-electron chi connectivity index (χ1n) is 6.69. The number of carbonyl (C=O) groups is 2. The first kappa shape index (κ1) is 16.5. The molecule has 0 aliphatic rings. The zero-order valence-electron chi connectivity index (χ0n) is 12.2. The van der Waals surface area contributed by atoms with E-state index in [1.807, 2.05) is 12.1 Å². The summed E-state index contributed by atoms with van der Waals surface area (Å²) in [6.45, 7) is 4.33. The van der Waals surface area contributed by atoms with Gasteiger partial charge in [0.15, 0.2) is 4.34 Å². The lowest BCUT2D eigenvalue weighted by Gasteiger charge is -2.00. The lowest BCUT2D eigenvalue weighted by molar-refractivity contribution is -0.131. The topological polar surface area (TPSA) is 79.3 Å². The molecule has 116 valence electrons. The van der Waals surface area contributed by atoms with E-state index in [9.17, 15) is 9.59 Å². The van der Waals surface area contributed by atoms with Gasteiger partial charge in [-0.1, -0.05) is 25.6 Å². The van der Waals surface area contributed by atoms with Gasteiger partial charge in [-0.15, -0.1) is 11.3 Å². The number of aromatic nitrogens is 1. The highest BCUT2D eigenvalue weighted by Gasteiger charge is 2.07. The fourth-order valence-corrected chi connectivity index (χ4v) is 3.70. The summed E-state index contributed by atoms with van der Waals surface area (Å²) in [5.74, 6) is -0.00271. The Balaban J connectivity index is 2.09. The van der Waals surface area contributed by atoms with E-state index in [2.05, 4.69) is 24.1 Å². The van der Waals surface area contributed by atoms with Crippen LogP contribution >= 0.6 is 23.1 Å². The molecule has 0 fully saturated rings. The number of hydrogen-bond donors (Lipinski definition) is 2. The number of thioether (sulfide) groups is 1. The highest BCUT2D eigenvalue weighted by Crippen LogP contribution is 2.32. The second-order valence-electron chi connectivity index (χ2n) is 5.03. The SMILES string of the molecule is CC(C)CSc1nc2ccc(NC(=O)/C=C/C(=O)O)cc2s1. The fraction of sp³-hybridized carbons (Fsp3) is 0.267. The first-order chi connectivity index (χ1) is 10.4. The van der Waals surface area contributed by atoms with E-state index >= 15 is 0 Å². The maximum atomic E-state index is 11.6. The summed E-state index contributed by atoms with van der Waals surface area (Å²) in [6, 6.07) is 5.45. The number of carboxylic acids is 1. The lowest BCUT2D eigenvalue weighted by Crippen LogP contribution is -2.08. The molecule has 5 nitrogen and oxygen atoms in total. The monoisotopic (exact) mass is 336 g/mol. The van der Waals surface area contributed by atoms with Crippen LogP contribution in [0.25, 0.3) is 10.2 Å². The molecule has 1 aromatic carbocycles. The normalized spacial score (nSPS) is 11.4. The van der Waals surface area contributed by atoms with Gasteiger partial charge < -0.3 is 10.4 Å². The van der Waals surface area contributed by atoms with Gasteiger partial charge in [0.1, 0.15) is 0 Å². The predicted octanol–water partition coefficient (Wildman–Crippen LogP) is 3.62. The third-order valence-electron chi connectivity index (χ3n) is 2.55. The average molecular weight is 336 g/mol. The van der Waals surface area contributed by atoms with Crippen LogP contribution < -0.4 is 5.32 Å². The summed E-state index contributed by atoms with van der Waals surface area (Å²) in [4.78, 5) is 26.5. The number of fused-ring (bicyclic) bond motifs is 1. The molecule has 0 spiro atoms. The van der Waals surface area contributed by atoms with Crippen LogP contribution in [0.1, 0.15) is 13.8 Å². The van der Waals surface area contributed by atoms with Crippen LogP contribution in [0.4, 0.5) is 5.69 Å². The van der Waals surface area contributed by atoms with Gasteiger partial charge in [0.05, 0.1) is 10.2 Å². The third-order valence-corrected chi connectivity index (χ3v) is 5.14. The Morgan fingerprint density at radius 2 is 2.18 bits per heavy atom. The van der Waals surface area contributed by atoms with Crippen molar-refractivity contribution >= 4 is 50.9 Å². The zero-order valence-corrected chi connectivity index (χ0v) is 13.8. The summed E-state index contributed by atoms with van der Waals surface area (Å²) < 4.78 is 2.00. The molecule has 0 unspecified atom stereocenters. The van der Waals surface area contributed by atoms with Crippen molar-refractivity contribution in [1.29, 1.82) is 0 Å². The molecule has 1 aromatic heterocycles. The van der Waals surface area contributed by atoms with Gasteiger partial charge in [0.25, 0.3) is 0 Å². The molecule has 2 aromatic rings. The smallest absolute Gasteiger partial charge is 0.328 e. The van der Waals surface area contributed by atoms with E-state index in [-0.39, 0.29) is 0 Å². The number of aliphatic carboxylic acids is 1. The van der Waals surface area contributed by atoms with Crippen molar-refractivity contribution in [3.63, 3.8) is 0 Å². The number of amides is 1. The van der Waals surface area contributed by atoms with Gasteiger partial charge in [-0.25, -0.2) is 9.78 Å². The number of carbonyl (C=O) groups excluding carboxylic acids is 1. The van der Waals surface area contributed by atoms with E-state index in [4.69, 9.17) is 5.11 Å². The maximum Gasteiger partial charge on any atom is 0.328 e. The van der Waals surface area contributed by atoms with Crippen LogP contribution in [0.2, 0.25) is 0 Å². The van der Waals surface area contributed by atoms with Crippen molar-refractivity contribution < 1.29 is 14.7 Å². The molecule has 0 bridgehead atoms. The Kier molecular flexibility index (Phi) is 5.57. The Hall–Kier alpha value is -1.86. The minimum Gasteiger partial charge on any atom is -0.478 e. The number of nitrogens with one attached hydrogen (secondary N) is 1. The minimum absolute atomic E-state index is 0.472. The number of nitrogens with zero attached hydrogens (tertiary/aromatic N) is 1. The van der Waals surface area contributed by atoms with Crippen molar-refractivity contribution in [3.8, 4) is 0 Å². The quantitative estimate of drug-likeness (QED) is 0.622. The molecule has 1 heterocycles. The molecule has 0 radical (unpaired) electrons. The van der Waals surface area contributed by atoms with Crippen molar-refractivity contribution in [1.82, 2.24) is 4.98 Å². The van der Waals surface area contributed by atoms with Crippen molar-refractivity contribution in [2.75, 3.05) is 11.1 Å². The number of benzene rings is 1. The summed E-state index contributed by atoms with van der Waals surface area (Å²) in [6.07, 6.45) is 1.80. The number of thiazole rings is 1. The second-order valence-corrected chi connectivity index (χ2v) is 7.33. The molecule has 0 saturated heterocycles. The maximum absolute atomic E-state index is 11.6. The van der Waals surface area contributed by atoms with Crippen LogP contribution in [-0.2, 0) is 9.59 Å². The number of anilines is 1. The molecule has 0 saturated carbocycles. The van der Waals surface area contributed by atoms with Crippen LogP contribution in [-0.4, -0.2) is 27.7 Å². The van der Waals surface area contributed by atoms with Gasteiger partial charge in [0, 0.05) is 23.6 Å². The van der Waals surface area contributed by atoms with Crippen LogP contribution in [0, 0.1) is 5.92 Å². The Morgan fingerprint density at radius 3 is 2.86 bits per heavy atom. The largest absolute Gasteiger partial charge is 0.478 e. The fourth-order valence-electron chi connectivity index (χ4n) is 1.61. The molecular weight excluding hydrogens is 320 g/mol. The summed E-state index contributed by atoms with van der Waals surface area (Å²) in [7, 11) is 0. The number of carboxylic acid groups (broad SMARTS) is 1. The first-order valence-corrected chi connectivity index (χ1v) is 8.49. The molecular formula is C15H16N2O3S2. The summed E-state index contributed by atoms with van der Waals surface area (Å²) in [5.41, 5.74) is 1.52. The van der Waals surface area contributed by atoms with E-state index in [1.54, 1.807) is 29.2 Å². The van der Waals surface area contributed by atoms with Gasteiger partial charge in [0.2, 0.25) is 5.91 Å². The van der Waals surface area contributed by atoms with E-state index in [0.29, 0.717) is 11.6 Å². The Morgan fingerprint density at radius 1 is 1.41 bits per heavy atom. The van der Waals surface area contributed by atoms with E-state index in [0.717, 1.165) is 32.5 Å². The van der Waals surface area contributed by atoms with Gasteiger partial charge >= 0.3 is 5.97 Å². The van der Waals surface area contributed by atoms with E-state index in [1.165, 1.54) is 0 Å². The second kappa shape index (κ2) is 7.42. The van der Waals surface area contributed by atoms with Gasteiger partial charge in [-0.05, 0) is 24.1 Å². The molecule has 1 amide bonds. The van der Waals surface area contributed by atoms with Crippen molar-refractivity contribution in [2.45, 2.75) is 18.2 Å². The number of hydrogen-bond acceptors (Lipinski definition) is 5. The standard InChI is InChI=1S/C15H16N2O3S2/c1-9(2)8-21-15-17-11-4-3-10(7-12(11)22-15)16-13(18)5-6-14(19)20/h3-7,9H,8H2,1-2H3,(H,16,18)(H,19,20)/b6-5+. The number of rotatable bonds is 6. The van der Waals surface area contributed by atoms with Gasteiger partial charge in [-0.2, -0.15) is 0 Å². The molecule has 0 atom stereocenters. The third kappa shape index (κ3) is 4.85. The van der Waals surface area contributed by atoms with Crippen LogP contribution in [0.15, 0.2) is 34.7 Å². The van der Waals surface area contributed by atoms with Crippen LogP contribution in [0.5, 0.6) is 0 Å². The molecule has 2 rings (SSSR count). The van der Waals surface area contributed by atoms with E-state index < -0.39 is 11.9 Å². The van der Waals surface area contributed by atoms with Crippen molar-refractivity contribution in [2.24, 2.45) is 5.92 Å². The average Bonchev–Trinajstić information content (AvgIpc) is 2.85. The van der Waals surface area contributed by atoms with Gasteiger partial charge in [-0.3, -0.25) is 4.79 Å². The summed E-state index contributed by atoms with van der Waals surface area (Å²) in [5, 5.41) is 11.1. The summed E-state index contributed by atoms with van der Waals surface area (Å²) >= 11 is 3.32. The Bertz CT molecular complexity index is 723. The molecule has 0 aliphatic heterocycles.